The van der Waals surface area contributed by atoms with Crippen LogP contribution in [0.2, 0.25) is 0 Å². The van der Waals surface area contributed by atoms with E-state index in [-0.39, 0.29) is 0 Å². The summed E-state index contributed by atoms with van der Waals surface area (Å²) in [6.07, 6.45) is 3.72. The number of rotatable bonds is 4. The summed E-state index contributed by atoms with van der Waals surface area (Å²) < 4.78 is 2.14. The quantitative estimate of drug-likeness (QED) is 0.781. The van der Waals surface area contributed by atoms with Gasteiger partial charge in [-0.3, -0.25) is 4.57 Å². The smallest absolute Gasteiger partial charge is 0.152 e. The van der Waals surface area contributed by atoms with Crippen LogP contribution in [0, 0.1) is 0 Å². The molecule has 20 heavy (non-hydrogen) atoms. The Hall–Kier alpha value is -1.35. The van der Waals surface area contributed by atoms with Crippen LogP contribution < -0.4 is 0 Å². The third-order valence-electron chi connectivity index (χ3n) is 4.16. The molecular weight excluding hydrogens is 270 g/mol. The summed E-state index contributed by atoms with van der Waals surface area (Å²) >= 11 is 6.02. The molecule has 3 rings (SSSR count). The molecule has 1 aliphatic carbocycles. The van der Waals surface area contributed by atoms with Gasteiger partial charge in [0.1, 0.15) is 5.82 Å². The third-order valence-corrected chi connectivity index (χ3v) is 4.40. The van der Waals surface area contributed by atoms with Gasteiger partial charge in [0.15, 0.2) is 5.82 Å². The van der Waals surface area contributed by atoms with Gasteiger partial charge in [-0.1, -0.05) is 32.4 Å². The molecule has 0 amide bonds. The van der Waals surface area contributed by atoms with E-state index in [4.69, 9.17) is 11.6 Å². The van der Waals surface area contributed by atoms with E-state index in [1.165, 1.54) is 24.8 Å². The molecule has 4 heteroatoms. The zero-order chi connectivity index (χ0) is 14.1. The lowest BCUT2D eigenvalue weighted by molar-refractivity contribution is 0.396. The summed E-state index contributed by atoms with van der Waals surface area (Å²) in [5.41, 5.74) is 2.47. The van der Waals surface area contributed by atoms with Gasteiger partial charge in [0.25, 0.3) is 0 Å². The molecule has 0 saturated heterocycles. The van der Waals surface area contributed by atoms with Crippen molar-refractivity contribution in [1.29, 1.82) is 0 Å². The van der Waals surface area contributed by atoms with Crippen LogP contribution in [-0.2, 0) is 5.88 Å². The van der Waals surface area contributed by atoms with Crippen molar-refractivity contribution in [3.63, 3.8) is 0 Å². The van der Waals surface area contributed by atoms with Crippen LogP contribution >= 0.6 is 11.6 Å². The average molecular weight is 290 g/mol. The molecule has 0 N–H and O–H groups in total. The fraction of sp³-hybridized carbons (Fsp3) is 0.500. The van der Waals surface area contributed by atoms with Gasteiger partial charge >= 0.3 is 0 Å². The van der Waals surface area contributed by atoms with Crippen molar-refractivity contribution >= 4 is 11.6 Å². The van der Waals surface area contributed by atoms with Gasteiger partial charge < -0.3 is 0 Å². The molecule has 106 valence electrons. The average Bonchev–Trinajstić information content (AvgIpc) is 2.80. The van der Waals surface area contributed by atoms with Crippen molar-refractivity contribution in [1.82, 2.24) is 14.8 Å². The molecule has 3 nitrogen and oxygen atoms in total. The van der Waals surface area contributed by atoms with Crippen LogP contribution in [0.25, 0.3) is 5.69 Å². The fourth-order valence-corrected chi connectivity index (χ4v) is 2.81. The number of nitrogens with zero attached hydrogens (tertiary/aromatic N) is 3. The van der Waals surface area contributed by atoms with E-state index in [9.17, 15) is 0 Å². The lowest BCUT2D eigenvalue weighted by Gasteiger charge is -2.25. The fourth-order valence-electron chi connectivity index (χ4n) is 2.64. The van der Waals surface area contributed by atoms with Crippen LogP contribution in [0.1, 0.15) is 62.2 Å². The highest BCUT2D eigenvalue weighted by atomic mass is 35.5. The third kappa shape index (κ3) is 2.35. The maximum atomic E-state index is 6.02. The van der Waals surface area contributed by atoms with Crippen molar-refractivity contribution in [2.45, 2.75) is 50.8 Å². The molecule has 1 aromatic carbocycles. The first kappa shape index (κ1) is 13.6. The predicted molar refractivity (Wildman–Crippen MR) is 81.6 cm³/mol. The SMILES string of the molecule is CC(C)c1ccc(-n2c(CCl)nnc2C2CCC2)cc1. The molecular formula is C16H20ClN3. The Balaban J connectivity index is 2.01. The molecule has 1 heterocycles. The van der Waals surface area contributed by atoms with Crippen molar-refractivity contribution in [2.24, 2.45) is 0 Å². The Labute approximate surface area is 125 Å². The van der Waals surface area contributed by atoms with Crippen LogP contribution in [0.4, 0.5) is 0 Å². The maximum Gasteiger partial charge on any atom is 0.152 e. The predicted octanol–water partition coefficient (Wildman–Crippen LogP) is 4.40. The Bertz CT molecular complexity index is 582. The topological polar surface area (TPSA) is 30.7 Å². The van der Waals surface area contributed by atoms with Gasteiger partial charge in [-0.2, -0.15) is 0 Å². The minimum Gasteiger partial charge on any atom is -0.282 e. The molecule has 2 aromatic rings. The van der Waals surface area contributed by atoms with E-state index in [0.717, 1.165) is 17.3 Å². The van der Waals surface area contributed by atoms with Gasteiger partial charge in [0, 0.05) is 11.6 Å². The van der Waals surface area contributed by atoms with E-state index in [2.05, 4.69) is 52.9 Å². The first-order valence-electron chi connectivity index (χ1n) is 7.31. The Morgan fingerprint density at radius 3 is 2.40 bits per heavy atom. The van der Waals surface area contributed by atoms with E-state index < -0.39 is 0 Å². The largest absolute Gasteiger partial charge is 0.282 e. The first-order valence-corrected chi connectivity index (χ1v) is 7.84. The van der Waals surface area contributed by atoms with Gasteiger partial charge in [-0.15, -0.1) is 21.8 Å². The summed E-state index contributed by atoms with van der Waals surface area (Å²) in [4.78, 5) is 0. The van der Waals surface area contributed by atoms with Crippen molar-refractivity contribution in [3.8, 4) is 5.69 Å². The monoisotopic (exact) mass is 289 g/mol. The molecule has 0 spiro atoms. The molecule has 0 bridgehead atoms. The Morgan fingerprint density at radius 2 is 1.90 bits per heavy atom. The van der Waals surface area contributed by atoms with Gasteiger partial charge in [-0.25, -0.2) is 0 Å². The molecule has 0 atom stereocenters. The van der Waals surface area contributed by atoms with Gasteiger partial charge in [0.2, 0.25) is 0 Å². The summed E-state index contributed by atoms with van der Waals surface area (Å²) in [7, 11) is 0. The Kier molecular flexibility index (Phi) is 3.79. The summed E-state index contributed by atoms with van der Waals surface area (Å²) in [5, 5.41) is 8.62. The molecule has 1 fully saturated rings. The highest BCUT2D eigenvalue weighted by molar-refractivity contribution is 6.16. The molecule has 1 aliphatic rings. The number of hydrogen-bond donors (Lipinski definition) is 0. The van der Waals surface area contributed by atoms with E-state index >= 15 is 0 Å². The minimum absolute atomic E-state index is 0.394. The highest BCUT2D eigenvalue weighted by Crippen LogP contribution is 2.36. The lowest BCUT2D eigenvalue weighted by Crippen LogP contribution is -2.15. The van der Waals surface area contributed by atoms with E-state index in [0.29, 0.717) is 17.7 Å². The molecule has 1 saturated carbocycles. The molecule has 0 aliphatic heterocycles. The van der Waals surface area contributed by atoms with Crippen LogP contribution in [-0.4, -0.2) is 14.8 Å². The summed E-state index contributed by atoms with van der Waals surface area (Å²) in [6.45, 7) is 4.41. The van der Waals surface area contributed by atoms with Crippen LogP contribution in [0.15, 0.2) is 24.3 Å². The Morgan fingerprint density at radius 1 is 1.20 bits per heavy atom. The van der Waals surface area contributed by atoms with Gasteiger partial charge in [0.05, 0.1) is 5.88 Å². The minimum atomic E-state index is 0.394. The molecule has 0 unspecified atom stereocenters. The number of aromatic nitrogens is 3. The maximum absolute atomic E-state index is 6.02. The molecule has 1 aromatic heterocycles. The zero-order valence-corrected chi connectivity index (χ0v) is 12.8. The number of halogens is 1. The van der Waals surface area contributed by atoms with E-state index in [1.54, 1.807) is 0 Å². The number of benzene rings is 1. The lowest BCUT2D eigenvalue weighted by atomic mass is 9.85. The van der Waals surface area contributed by atoms with Gasteiger partial charge in [-0.05, 0) is 36.5 Å². The summed E-state index contributed by atoms with van der Waals surface area (Å²) in [5.74, 6) is 3.40. The van der Waals surface area contributed by atoms with Crippen LogP contribution in [0.5, 0.6) is 0 Å². The summed E-state index contributed by atoms with van der Waals surface area (Å²) in [6, 6.07) is 8.67. The highest BCUT2D eigenvalue weighted by Gasteiger charge is 2.26. The number of alkyl halides is 1. The van der Waals surface area contributed by atoms with Crippen molar-refractivity contribution in [3.05, 3.63) is 41.5 Å². The standard InChI is InChI=1S/C16H20ClN3/c1-11(2)12-6-8-14(9-7-12)20-15(10-17)18-19-16(20)13-4-3-5-13/h6-9,11,13H,3-5,10H2,1-2H3. The zero-order valence-electron chi connectivity index (χ0n) is 12.0. The second-order valence-corrected chi connectivity index (χ2v) is 6.08. The van der Waals surface area contributed by atoms with Crippen molar-refractivity contribution in [2.75, 3.05) is 0 Å². The number of hydrogen-bond acceptors (Lipinski definition) is 2. The van der Waals surface area contributed by atoms with E-state index in [1.807, 2.05) is 0 Å². The van der Waals surface area contributed by atoms with Crippen LogP contribution in [0.3, 0.4) is 0 Å². The normalized spacial score (nSPS) is 15.6. The van der Waals surface area contributed by atoms with Crippen molar-refractivity contribution < 1.29 is 0 Å². The first-order chi connectivity index (χ1) is 9.70. The second kappa shape index (κ2) is 5.57. The second-order valence-electron chi connectivity index (χ2n) is 5.82. The molecule has 0 radical (unpaired) electrons.